The number of carbonyl (C=O) groups excluding carboxylic acids is 1. The van der Waals surface area contributed by atoms with Gasteiger partial charge in [-0.25, -0.2) is 4.39 Å². The zero-order valence-electron chi connectivity index (χ0n) is 10.5. The zero-order valence-corrected chi connectivity index (χ0v) is 10.5. The van der Waals surface area contributed by atoms with E-state index in [1.165, 1.54) is 12.1 Å². The summed E-state index contributed by atoms with van der Waals surface area (Å²) >= 11 is 0. The minimum atomic E-state index is -0.767. The monoisotopic (exact) mass is 289 g/mol. The number of amides is 1. The van der Waals surface area contributed by atoms with Crippen molar-refractivity contribution in [2.75, 3.05) is 0 Å². The maximum Gasteiger partial charge on any atom is 0.433 e. The van der Waals surface area contributed by atoms with Crippen LogP contribution in [-0.4, -0.2) is 10.8 Å². The Balaban J connectivity index is 2.04. The normalized spacial score (nSPS) is 9.90. The van der Waals surface area contributed by atoms with E-state index < -0.39 is 22.5 Å². The summed E-state index contributed by atoms with van der Waals surface area (Å²) in [6.07, 6.45) is 0. The molecule has 0 radical (unpaired) electrons. The van der Waals surface area contributed by atoms with E-state index in [1.807, 2.05) is 0 Å². The molecular weight excluding hydrogens is 281 g/mol. The van der Waals surface area contributed by atoms with Crippen LogP contribution in [0.2, 0.25) is 0 Å². The fraction of sp³-hybridized carbons (Fsp3) is 0.0769. The van der Waals surface area contributed by atoms with Crippen molar-refractivity contribution in [3.05, 3.63) is 63.2 Å². The molecule has 0 aliphatic heterocycles. The van der Waals surface area contributed by atoms with Gasteiger partial charge in [-0.3, -0.25) is 14.9 Å². The maximum absolute atomic E-state index is 13.6. The number of nitrogens with one attached hydrogen (secondary N) is 1. The number of hydrogen-bond donors (Lipinski definition) is 1. The largest absolute Gasteiger partial charge is 0.433 e. The molecule has 0 unspecified atom stereocenters. The summed E-state index contributed by atoms with van der Waals surface area (Å²) in [5, 5.41) is 21.4. The number of nitriles is 1. The highest BCUT2D eigenvalue weighted by atomic mass is 19.1. The SMILES string of the molecule is N#Cc1ccc(CNC(=O)c2ccc([N+](=O)[O-])o2)c(F)c1. The molecule has 7 nitrogen and oxygen atoms in total. The molecule has 0 saturated carbocycles. The number of carbonyl (C=O) groups is 1. The van der Waals surface area contributed by atoms with Crippen molar-refractivity contribution >= 4 is 11.8 Å². The van der Waals surface area contributed by atoms with Crippen molar-refractivity contribution in [1.82, 2.24) is 5.32 Å². The van der Waals surface area contributed by atoms with Gasteiger partial charge in [-0.1, -0.05) is 6.07 Å². The second kappa shape index (κ2) is 5.83. The molecule has 0 spiro atoms. The van der Waals surface area contributed by atoms with E-state index >= 15 is 0 Å². The van der Waals surface area contributed by atoms with Crippen LogP contribution in [0.1, 0.15) is 21.7 Å². The fourth-order valence-electron chi connectivity index (χ4n) is 1.57. The van der Waals surface area contributed by atoms with Crippen LogP contribution < -0.4 is 5.32 Å². The average Bonchev–Trinajstić information content (AvgIpc) is 2.95. The van der Waals surface area contributed by atoms with Crippen molar-refractivity contribution in [2.24, 2.45) is 0 Å². The quantitative estimate of drug-likeness (QED) is 0.684. The van der Waals surface area contributed by atoms with Gasteiger partial charge in [0.1, 0.15) is 10.7 Å². The lowest BCUT2D eigenvalue weighted by atomic mass is 10.1. The van der Waals surface area contributed by atoms with E-state index in [1.54, 1.807) is 6.07 Å². The van der Waals surface area contributed by atoms with Gasteiger partial charge in [0, 0.05) is 12.1 Å². The third kappa shape index (κ3) is 3.22. The zero-order chi connectivity index (χ0) is 15.4. The van der Waals surface area contributed by atoms with E-state index in [0.717, 1.165) is 18.2 Å². The van der Waals surface area contributed by atoms with Gasteiger partial charge in [-0.15, -0.1) is 0 Å². The van der Waals surface area contributed by atoms with Gasteiger partial charge in [-0.2, -0.15) is 5.26 Å². The molecule has 1 aromatic heterocycles. The van der Waals surface area contributed by atoms with E-state index in [9.17, 15) is 19.3 Å². The first-order valence-electron chi connectivity index (χ1n) is 5.72. The van der Waals surface area contributed by atoms with Gasteiger partial charge in [0.25, 0.3) is 5.91 Å². The van der Waals surface area contributed by atoms with E-state index in [2.05, 4.69) is 5.32 Å². The molecule has 21 heavy (non-hydrogen) atoms. The Morgan fingerprint density at radius 3 is 2.76 bits per heavy atom. The molecule has 2 rings (SSSR count). The number of nitro groups is 1. The number of nitrogens with zero attached hydrogens (tertiary/aromatic N) is 2. The van der Waals surface area contributed by atoms with Crippen LogP contribution in [-0.2, 0) is 6.54 Å². The van der Waals surface area contributed by atoms with Crippen molar-refractivity contribution in [2.45, 2.75) is 6.54 Å². The smallest absolute Gasteiger partial charge is 0.395 e. The van der Waals surface area contributed by atoms with Crippen molar-refractivity contribution < 1.29 is 18.5 Å². The molecule has 0 saturated heterocycles. The topological polar surface area (TPSA) is 109 Å². The first-order chi connectivity index (χ1) is 10.0. The number of rotatable bonds is 4. The highest BCUT2D eigenvalue weighted by molar-refractivity contribution is 5.91. The molecule has 2 aromatic rings. The molecule has 1 N–H and O–H groups in total. The Hall–Kier alpha value is -3.21. The van der Waals surface area contributed by atoms with Crippen molar-refractivity contribution in [1.29, 1.82) is 5.26 Å². The molecule has 8 heteroatoms. The number of furan rings is 1. The van der Waals surface area contributed by atoms with Crippen LogP contribution in [0.15, 0.2) is 34.7 Å². The van der Waals surface area contributed by atoms with Crippen LogP contribution in [0.25, 0.3) is 0 Å². The Morgan fingerprint density at radius 1 is 1.43 bits per heavy atom. The molecule has 0 aliphatic carbocycles. The Morgan fingerprint density at radius 2 is 2.19 bits per heavy atom. The average molecular weight is 289 g/mol. The third-order valence-corrected chi connectivity index (χ3v) is 2.62. The minimum absolute atomic E-state index is 0.134. The van der Waals surface area contributed by atoms with E-state index in [-0.39, 0.29) is 23.4 Å². The molecule has 1 aromatic carbocycles. The summed E-state index contributed by atoms with van der Waals surface area (Å²) in [6.45, 7) is -0.134. The highest BCUT2D eigenvalue weighted by Crippen LogP contribution is 2.16. The van der Waals surface area contributed by atoms with Crippen LogP contribution in [0.5, 0.6) is 0 Å². The minimum Gasteiger partial charge on any atom is -0.395 e. The lowest BCUT2D eigenvalue weighted by molar-refractivity contribution is -0.402. The van der Waals surface area contributed by atoms with E-state index in [0.29, 0.717) is 0 Å². The van der Waals surface area contributed by atoms with Crippen LogP contribution >= 0.6 is 0 Å². The lowest BCUT2D eigenvalue weighted by Crippen LogP contribution is -2.22. The molecule has 0 aliphatic rings. The second-order valence-corrected chi connectivity index (χ2v) is 4.00. The summed E-state index contributed by atoms with van der Waals surface area (Å²) in [5.74, 6) is -2.12. The molecule has 1 amide bonds. The summed E-state index contributed by atoms with van der Waals surface area (Å²) in [4.78, 5) is 21.3. The lowest BCUT2D eigenvalue weighted by Gasteiger charge is -2.04. The van der Waals surface area contributed by atoms with Crippen LogP contribution in [0.3, 0.4) is 0 Å². The molecule has 0 fully saturated rings. The van der Waals surface area contributed by atoms with Crippen LogP contribution in [0, 0.1) is 27.3 Å². The van der Waals surface area contributed by atoms with Gasteiger partial charge >= 0.3 is 5.88 Å². The predicted octanol–water partition coefficient (Wildman–Crippen LogP) is 2.13. The summed E-state index contributed by atoms with van der Waals surface area (Å²) in [5.41, 5.74) is 0.354. The maximum atomic E-state index is 13.6. The standard InChI is InChI=1S/C13H8FN3O4/c14-10-5-8(6-15)1-2-9(10)7-16-13(18)11-3-4-12(21-11)17(19)20/h1-5H,7H2,(H,16,18). The Labute approximate surface area is 117 Å². The first-order valence-corrected chi connectivity index (χ1v) is 5.72. The molecular formula is C13H8FN3O4. The fourth-order valence-corrected chi connectivity index (χ4v) is 1.57. The Kier molecular flexibility index (Phi) is 3.95. The van der Waals surface area contributed by atoms with Gasteiger partial charge in [-0.05, 0) is 18.2 Å². The molecule has 106 valence electrons. The first kappa shape index (κ1) is 14.2. The number of benzene rings is 1. The van der Waals surface area contributed by atoms with Gasteiger partial charge < -0.3 is 9.73 Å². The predicted molar refractivity (Wildman–Crippen MR) is 67.6 cm³/mol. The van der Waals surface area contributed by atoms with Crippen LogP contribution in [0.4, 0.5) is 10.3 Å². The van der Waals surface area contributed by atoms with Crippen molar-refractivity contribution in [3.8, 4) is 6.07 Å². The molecule has 0 atom stereocenters. The number of hydrogen-bond acceptors (Lipinski definition) is 5. The van der Waals surface area contributed by atoms with Crippen molar-refractivity contribution in [3.63, 3.8) is 0 Å². The summed E-state index contributed by atoms with van der Waals surface area (Å²) in [7, 11) is 0. The molecule has 1 heterocycles. The molecule has 0 bridgehead atoms. The summed E-state index contributed by atoms with van der Waals surface area (Å²) in [6, 6.07) is 7.85. The van der Waals surface area contributed by atoms with Gasteiger partial charge in [0.15, 0.2) is 5.76 Å². The highest BCUT2D eigenvalue weighted by Gasteiger charge is 2.17. The van der Waals surface area contributed by atoms with E-state index in [4.69, 9.17) is 9.68 Å². The van der Waals surface area contributed by atoms with Gasteiger partial charge in [0.2, 0.25) is 0 Å². The third-order valence-electron chi connectivity index (χ3n) is 2.62. The number of halogens is 1. The van der Waals surface area contributed by atoms with Gasteiger partial charge in [0.05, 0.1) is 17.7 Å². The second-order valence-electron chi connectivity index (χ2n) is 4.00. The Bertz CT molecular complexity index is 748. The summed E-state index contributed by atoms with van der Waals surface area (Å²) < 4.78 is 18.3.